The molecule has 7 heteroatoms. The van der Waals surface area contributed by atoms with Crippen LogP contribution in [-0.4, -0.2) is 16.1 Å². The first-order valence-electron chi connectivity index (χ1n) is 7.47. The number of halogens is 2. The van der Waals surface area contributed by atoms with Crippen molar-refractivity contribution in [2.24, 2.45) is 0 Å². The van der Waals surface area contributed by atoms with Gasteiger partial charge in [0, 0.05) is 10.9 Å². The average molecular weight is 409 g/mol. The number of thiazole rings is 1. The summed E-state index contributed by atoms with van der Waals surface area (Å²) in [6.07, 6.45) is 0. The van der Waals surface area contributed by atoms with E-state index >= 15 is 0 Å². The van der Waals surface area contributed by atoms with Crippen LogP contribution < -0.4 is 5.32 Å². The zero-order valence-electron chi connectivity index (χ0n) is 13.2. The Hall–Kier alpha value is -1.53. The van der Waals surface area contributed by atoms with E-state index in [1.54, 1.807) is 18.2 Å². The van der Waals surface area contributed by atoms with Crippen molar-refractivity contribution in [1.82, 2.24) is 4.98 Å². The van der Waals surface area contributed by atoms with E-state index < -0.39 is 0 Å². The second-order valence-corrected chi connectivity index (χ2v) is 8.47. The van der Waals surface area contributed by atoms with Gasteiger partial charge in [-0.2, -0.15) is 0 Å². The molecule has 0 saturated heterocycles. The summed E-state index contributed by atoms with van der Waals surface area (Å²) < 4.78 is 0.840. The first kappa shape index (κ1) is 18.3. The summed E-state index contributed by atoms with van der Waals surface area (Å²) in [6, 6.07) is 15.1. The highest BCUT2D eigenvalue weighted by molar-refractivity contribution is 8.02. The molecule has 0 aliphatic carbocycles. The maximum atomic E-state index is 12.4. The first-order valence-corrected chi connectivity index (χ1v) is 9.98. The lowest BCUT2D eigenvalue weighted by Crippen LogP contribution is -2.22. The van der Waals surface area contributed by atoms with E-state index in [1.165, 1.54) is 23.1 Å². The maximum absolute atomic E-state index is 12.4. The lowest BCUT2D eigenvalue weighted by atomic mass is 10.2. The van der Waals surface area contributed by atoms with Crippen LogP contribution in [0, 0.1) is 0 Å². The van der Waals surface area contributed by atoms with Crippen LogP contribution in [0.2, 0.25) is 10.0 Å². The molecule has 0 aliphatic rings. The second-order valence-electron chi connectivity index (χ2n) is 5.21. The van der Waals surface area contributed by atoms with Crippen molar-refractivity contribution in [3.8, 4) is 11.3 Å². The van der Waals surface area contributed by atoms with E-state index in [-0.39, 0.29) is 11.2 Å². The molecule has 3 aromatic rings. The topological polar surface area (TPSA) is 42.0 Å². The third-order valence-electron chi connectivity index (χ3n) is 3.41. The van der Waals surface area contributed by atoms with Crippen molar-refractivity contribution in [3.05, 3.63) is 64.0 Å². The molecule has 2 aromatic carbocycles. The molecule has 3 rings (SSSR count). The van der Waals surface area contributed by atoms with Gasteiger partial charge in [-0.15, -0.1) is 11.3 Å². The summed E-state index contributed by atoms with van der Waals surface area (Å²) >= 11 is 15.1. The fraction of sp³-hybridized carbons (Fsp3) is 0.111. The lowest BCUT2D eigenvalue weighted by Gasteiger charge is -2.12. The van der Waals surface area contributed by atoms with E-state index in [0.29, 0.717) is 15.7 Å². The van der Waals surface area contributed by atoms with Crippen LogP contribution in [-0.2, 0) is 4.79 Å². The van der Waals surface area contributed by atoms with Gasteiger partial charge in [0.2, 0.25) is 5.91 Å². The lowest BCUT2D eigenvalue weighted by molar-refractivity contribution is -0.115. The summed E-state index contributed by atoms with van der Waals surface area (Å²) in [5.41, 5.74) is 2.41. The van der Waals surface area contributed by atoms with Gasteiger partial charge in [-0.1, -0.05) is 71.4 Å². The van der Waals surface area contributed by atoms with Crippen molar-refractivity contribution in [1.29, 1.82) is 0 Å². The molecule has 3 nitrogen and oxygen atoms in total. The Labute approximate surface area is 164 Å². The molecule has 0 radical (unpaired) electrons. The summed E-state index contributed by atoms with van der Waals surface area (Å²) in [5.74, 6) is -0.170. The van der Waals surface area contributed by atoms with Crippen molar-refractivity contribution in [3.63, 3.8) is 0 Å². The van der Waals surface area contributed by atoms with Gasteiger partial charge in [0.05, 0.1) is 26.7 Å². The number of anilines is 1. The quantitative estimate of drug-likeness (QED) is 0.508. The van der Waals surface area contributed by atoms with Crippen LogP contribution in [0.1, 0.15) is 6.92 Å². The van der Waals surface area contributed by atoms with Crippen molar-refractivity contribution in [2.45, 2.75) is 16.5 Å². The predicted molar refractivity (Wildman–Crippen MR) is 108 cm³/mol. The number of hydrogen-bond acceptors (Lipinski definition) is 4. The SMILES string of the molecule is C[C@H](Sc1nc(-c2ccccc2)cs1)C(=O)Nc1c(Cl)cccc1Cl. The monoisotopic (exact) mass is 408 g/mol. The fourth-order valence-electron chi connectivity index (χ4n) is 2.10. The zero-order valence-corrected chi connectivity index (χ0v) is 16.3. The van der Waals surface area contributed by atoms with Gasteiger partial charge in [0.25, 0.3) is 0 Å². The van der Waals surface area contributed by atoms with Gasteiger partial charge in [-0.25, -0.2) is 4.98 Å². The summed E-state index contributed by atoms with van der Waals surface area (Å²) in [6.45, 7) is 1.83. The zero-order chi connectivity index (χ0) is 17.8. The number of rotatable bonds is 5. The molecule has 1 amide bonds. The molecule has 1 aromatic heterocycles. The molecular weight excluding hydrogens is 395 g/mol. The van der Waals surface area contributed by atoms with Crippen molar-refractivity contribution in [2.75, 3.05) is 5.32 Å². The van der Waals surface area contributed by atoms with E-state index in [4.69, 9.17) is 23.2 Å². The highest BCUT2D eigenvalue weighted by Gasteiger charge is 2.19. The van der Waals surface area contributed by atoms with Crippen LogP contribution in [0.5, 0.6) is 0 Å². The smallest absolute Gasteiger partial charge is 0.237 e. The number of aromatic nitrogens is 1. The number of carbonyl (C=O) groups is 1. The summed E-state index contributed by atoms with van der Waals surface area (Å²) in [5, 5.41) is 5.28. The molecule has 0 unspecified atom stereocenters. The van der Waals surface area contributed by atoms with E-state index in [2.05, 4.69) is 10.3 Å². The minimum Gasteiger partial charge on any atom is -0.323 e. The Morgan fingerprint density at radius 3 is 2.48 bits per heavy atom. The van der Waals surface area contributed by atoms with Crippen LogP contribution in [0.3, 0.4) is 0 Å². The largest absolute Gasteiger partial charge is 0.323 e. The van der Waals surface area contributed by atoms with E-state index in [9.17, 15) is 4.79 Å². The highest BCUT2D eigenvalue weighted by Crippen LogP contribution is 2.33. The number of carbonyl (C=O) groups excluding carboxylic acids is 1. The summed E-state index contributed by atoms with van der Waals surface area (Å²) in [4.78, 5) is 17.0. The average Bonchev–Trinajstić information content (AvgIpc) is 3.07. The standard InChI is InChI=1S/C18H14Cl2N2OS2/c1-11(17(23)22-16-13(19)8-5-9-14(16)20)25-18-21-15(10-24-18)12-6-3-2-4-7-12/h2-11H,1H3,(H,22,23)/t11-/m0/s1. The minimum atomic E-state index is -0.331. The summed E-state index contributed by atoms with van der Waals surface area (Å²) in [7, 11) is 0. The van der Waals surface area contributed by atoms with Crippen LogP contribution in [0.25, 0.3) is 11.3 Å². The Morgan fingerprint density at radius 2 is 1.80 bits per heavy atom. The molecule has 1 N–H and O–H groups in total. The van der Waals surface area contributed by atoms with Crippen LogP contribution >= 0.6 is 46.3 Å². The fourth-order valence-corrected chi connectivity index (χ4v) is 4.56. The van der Waals surface area contributed by atoms with Crippen LogP contribution in [0.4, 0.5) is 5.69 Å². The number of para-hydroxylation sites is 1. The number of thioether (sulfide) groups is 1. The van der Waals surface area contributed by atoms with E-state index in [1.807, 2.05) is 42.6 Å². The Morgan fingerprint density at radius 1 is 1.12 bits per heavy atom. The molecule has 0 fully saturated rings. The number of hydrogen-bond donors (Lipinski definition) is 1. The Kier molecular flexibility index (Phi) is 6.02. The normalized spacial score (nSPS) is 12.0. The van der Waals surface area contributed by atoms with Crippen molar-refractivity contribution < 1.29 is 4.79 Å². The number of nitrogens with one attached hydrogen (secondary N) is 1. The van der Waals surface area contributed by atoms with Crippen LogP contribution in [0.15, 0.2) is 58.3 Å². The molecule has 0 aliphatic heterocycles. The molecule has 128 valence electrons. The van der Waals surface area contributed by atoms with Gasteiger partial charge in [-0.05, 0) is 19.1 Å². The van der Waals surface area contributed by atoms with Gasteiger partial charge in [0.15, 0.2) is 4.34 Å². The number of amides is 1. The van der Waals surface area contributed by atoms with E-state index in [0.717, 1.165) is 15.6 Å². The highest BCUT2D eigenvalue weighted by atomic mass is 35.5. The number of benzene rings is 2. The molecule has 25 heavy (non-hydrogen) atoms. The third-order valence-corrected chi connectivity index (χ3v) is 6.11. The second kappa shape index (κ2) is 8.23. The minimum absolute atomic E-state index is 0.170. The molecular formula is C18H14Cl2N2OS2. The first-order chi connectivity index (χ1) is 12.0. The van der Waals surface area contributed by atoms with Gasteiger partial charge in [-0.3, -0.25) is 4.79 Å². The molecule has 0 bridgehead atoms. The van der Waals surface area contributed by atoms with Gasteiger partial charge < -0.3 is 5.32 Å². The molecule has 1 heterocycles. The third kappa shape index (κ3) is 4.55. The Balaban J connectivity index is 1.67. The number of nitrogens with zero attached hydrogens (tertiary/aromatic N) is 1. The van der Waals surface area contributed by atoms with Gasteiger partial charge >= 0.3 is 0 Å². The molecule has 1 atom stereocenters. The predicted octanol–water partition coefficient (Wildman–Crippen LogP) is 6.24. The van der Waals surface area contributed by atoms with Crippen molar-refractivity contribution >= 4 is 57.9 Å². The molecule has 0 saturated carbocycles. The molecule has 0 spiro atoms. The maximum Gasteiger partial charge on any atom is 0.237 e. The van der Waals surface area contributed by atoms with Gasteiger partial charge in [0.1, 0.15) is 0 Å². The Bertz CT molecular complexity index is 864.